The number of benzene rings is 8. The van der Waals surface area contributed by atoms with Crippen LogP contribution in [-0.2, 0) is 0 Å². The number of rotatable bonds is 4. The molecule has 0 saturated heterocycles. The van der Waals surface area contributed by atoms with Gasteiger partial charge in [-0.05, 0) is 96.9 Å². The topological polar surface area (TPSA) is 26.6 Å². The molecule has 11 rings (SSSR count). The van der Waals surface area contributed by atoms with Crippen LogP contribution in [0.15, 0.2) is 164 Å². The van der Waals surface area contributed by atoms with Crippen LogP contribution in [0.5, 0.6) is 23.0 Å². The fourth-order valence-corrected chi connectivity index (χ4v) is 8.54. The zero-order chi connectivity index (χ0) is 35.2. The number of nitrogens with zero attached hydrogens (tertiary/aromatic N) is 2. The lowest BCUT2D eigenvalue weighted by atomic mass is 9.35. The number of fused-ring (bicyclic) bond motifs is 10. The molecule has 9 aromatic rings. The SMILES string of the molecule is Cc1ccc(N(c2ccc(C)cc2)c2ccc3c(ccc4c5cc6c7c(c5n(-c5ccccc5)c34)Oc3ccccc3B7c3ccccc3O6)c2)cc1. The molecule has 3 heterocycles. The van der Waals surface area contributed by atoms with Crippen molar-refractivity contribution in [3.05, 3.63) is 175 Å². The van der Waals surface area contributed by atoms with E-state index < -0.39 is 0 Å². The predicted molar refractivity (Wildman–Crippen MR) is 220 cm³/mol. The quantitative estimate of drug-likeness (QED) is 0.173. The van der Waals surface area contributed by atoms with Crippen LogP contribution in [0.2, 0.25) is 0 Å². The van der Waals surface area contributed by atoms with E-state index >= 15 is 0 Å². The second kappa shape index (κ2) is 11.4. The molecule has 250 valence electrons. The summed E-state index contributed by atoms with van der Waals surface area (Å²) in [6.07, 6.45) is 0. The minimum absolute atomic E-state index is 0.00429. The Balaban J connectivity index is 1.20. The van der Waals surface area contributed by atoms with Gasteiger partial charge in [0.1, 0.15) is 17.2 Å². The highest BCUT2D eigenvalue weighted by Crippen LogP contribution is 2.46. The third-order valence-electron chi connectivity index (χ3n) is 11.0. The molecule has 0 saturated carbocycles. The van der Waals surface area contributed by atoms with E-state index in [9.17, 15) is 0 Å². The number of para-hydroxylation sites is 3. The van der Waals surface area contributed by atoms with Crippen molar-refractivity contribution in [3.63, 3.8) is 0 Å². The Kier molecular flexibility index (Phi) is 6.44. The average molecular weight is 681 g/mol. The van der Waals surface area contributed by atoms with E-state index in [-0.39, 0.29) is 6.71 Å². The largest absolute Gasteiger partial charge is 0.458 e. The summed E-state index contributed by atoms with van der Waals surface area (Å²) in [6.45, 7) is 4.26. The summed E-state index contributed by atoms with van der Waals surface area (Å²) in [5.74, 6) is 3.47. The lowest BCUT2D eigenvalue weighted by Crippen LogP contribution is -2.57. The van der Waals surface area contributed by atoms with Crippen molar-refractivity contribution >= 4 is 72.7 Å². The van der Waals surface area contributed by atoms with Crippen molar-refractivity contribution < 1.29 is 9.47 Å². The van der Waals surface area contributed by atoms with Gasteiger partial charge in [-0.3, -0.25) is 0 Å². The molecule has 0 N–H and O–H groups in total. The Bertz CT molecular complexity index is 2860. The second-order valence-electron chi connectivity index (χ2n) is 14.3. The van der Waals surface area contributed by atoms with E-state index in [1.54, 1.807) is 0 Å². The summed E-state index contributed by atoms with van der Waals surface area (Å²) in [4.78, 5) is 2.34. The Morgan fingerprint density at radius 3 is 1.74 bits per heavy atom. The standard InChI is InChI=1S/C48H33BN2O2/c1-30-16-21-34(22-17-30)50(35-23-18-31(2)19-24-35)36-25-27-37-32(28-36)20-26-38-39-29-44-45-48(47(39)51(46(37)38)33-10-4-3-5-11-33)53-43-15-9-7-13-41(43)49(45)40-12-6-8-14-42(40)52-44/h3-29H,1-2H3. The van der Waals surface area contributed by atoms with Gasteiger partial charge in [0.25, 0.3) is 6.71 Å². The van der Waals surface area contributed by atoms with Gasteiger partial charge in [-0.1, -0.05) is 108 Å². The van der Waals surface area contributed by atoms with E-state index in [4.69, 9.17) is 9.47 Å². The van der Waals surface area contributed by atoms with E-state index in [2.05, 4.69) is 187 Å². The number of anilines is 3. The maximum atomic E-state index is 7.01. The van der Waals surface area contributed by atoms with Crippen LogP contribution in [0.1, 0.15) is 11.1 Å². The summed E-state index contributed by atoms with van der Waals surface area (Å²) in [5, 5.41) is 4.58. The van der Waals surface area contributed by atoms with Gasteiger partial charge in [-0.25, -0.2) is 0 Å². The van der Waals surface area contributed by atoms with Crippen LogP contribution in [0.3, 0.4) is 0 Å². The number of hydrogen-bond donors (Lipinski definition) is 0. The fraction of sp³-hybridized carbons (Fsp3) is 0.0417. The second-order valence-corrected chi connectivity index (χ2v) is 14.3. The monoisotopic (exact) mass is 680 g/mol. The number of aromatic nitrogens is 1. The van der Waals surface area contributed by atoms with Crippen LogP contribution < -0.4 is 30.8 Å². The molecule has 0 spiro atoms. The van der Waals surface area contributed by atoms with Crippen molar-refractivity contribution in [2.24, 2.45) is 0 Å². The lowest BCUT2D eigenvalue weighted by molar-refractivity contribution is 0.467. The van der Waals surface area contributed by atoms with Crippen LogP contribution >= 0.6 is 0 Å². The van der Waals surface area contributed by atoms with E-state index in [1.807, 2.05) is 0 Å². The summed E-state index contributed by atoms with van der Waals surface area (Å²) in [7, 11) is 0. The Morgan fingerprint density at radius 2 is 1.06 bits per heavy atom. The first-order chi connectivity index (χ1) is 26.1. The normalized spacial score (nSPS) is 12.6. The van der Waals surface area contributed by atoms with Gasteiger partial charge in [0.15, 0.2) is 5.75 Å². The molecular weight excluding hydrogens is 647 g/mol. The van der Waals surface area contributed by atoms with Crippen LogP contribution in [0.4, 0.5) is 17.1 Å². The molecule has 0 bridgehead atoms. The van der Waals surface area contributed by atoms with E-state index in [0.717, 1.165) is 89.3 Å². The molecule has 0 atom stereocenters. The third kappa shape index (κ3) is 4.50. The number of aryl methyl sites for hydroxylation is 2. The van der Waals surface area contributed by atoms with Crippen molar-refractivity contribution in [1.29, 1.82) is 0 Å². The van der Waals surface area contributed by atoms with Crippen LogP contribution in [-0.4, -0.2) is 11.3 Å². The highest BCUT2D eigenvalue weighted by atomic mass is 16.5. The number of ether oxygens (including phenoxy) is 2. The van der Waals surface area contributed by atoms with Gasteiger partial charge in [0, 0.05) is 44.4 Å². The Hall–Kier alpha value is -6.72. The van der Waals surface area contributed by atoms with Gasteiger partial charge >= 0.3 is 0 Å². The minimum Gasteiger partial charge on any atom is -0.458 e. The third-order valence-corrected chi connectivity index (χ3v) is 11.0. The first kappa shape index (κ1) is 30.0. The van der Waals surface area contributed by atoms with Crippen LogP contribution in [0.25, 0.3) is 38.3 Å². The van der Waals surface area contributed by atoms with Crippen molar-refractivity contribution in [2.45, 2.75) is 13.8 Å². The van der Waals surface area contributed by atoms with Crippen molar-refractivity contribution in [1.82, 2.24) is 4.57 Å². The van der Waals surface area contributed by atoms with E-state index in [0.29, 0.717) is 0 Å². The van der Waals surface area contributed by atoms with Gasteiger partial charge in [0.2, 0.25) is 0 Å². The Labute approximate surface area is 308 Å². The molecule has 0 amide bonds. The van der Waals surface area contributed by atoms with E-state index in [1.165, 1.54) is 16.5 Å². The maximum absolute atomic E-state index is 7.01. The first-order valence-corrected chi connectivity index (χ1v) is 18.2. The van der Waals surface area contributed by atoms with Crippen LogP contribution in [0, 0.1) is 13.8 Å². The molecule has 4 nitrogen and oxygen atoms in total. The molecule has 0 fully saturated rings. The first-order valence-electron chi connectivity index (χ1n) is 18.2. The highest BCUT2D eigenvalue weighted by molar-refractivity contribution is 6.98. The molecule has 8 aromatic carbocycles. The smallest absolute Gasteiger partial charge is 0.260 e. The molecule has 0 unspecified atom stereocenters. The fourth-order valence-electron chi connectivity index (χ4n) is 8.54. The highest BCUT2D eigenvalue weighted by Gasteiger charge is 2.42. The van der Waals surface area contributed by atoms with Gasteiger partial charge < -0.3 is 18.9 Å². The number of hydrogen-bond acceptors (Lipinski definition) is 3. The summed E-state index contributed by atoms with van der Waals surface area (Å²) in [6, 6.07) is 58.7. The molecule has 1 aromatic heterocycles. The minimum atomic E-state index is -0.00429. The molecule has 2 aliphatic rings. The van der Waals surface area contributed by atoms with Gasteiger partial charge in [-0.15, -0.1) is 0 Å². The predicted octanol–water partition coefficient (Wildman–Crippen LogP) is 10.8. The maximum Gasteiger partial charge on any atom is 0.260 e. The van der Waals surface area contributed by atoms with Gasteiger partial charge in [-0.2, -0.15) is 0 Å². The molecular formula is C48H33BN2O2. The molecule has 53 heavy (non-hydrogen) atoms. The zero-order valence-corrected chi connectivity index (χ0v) is 29.4. The zero-order valence-electron chi connectivity index (χ0n) is 29.4. The Morgan fingerprint density at radius 1 is 0.472 bits per heavy atom. The molecule has 0 radical (unpaired) electrons. The summed E-state index contributed by atoms with van der Waals surface area (Å²) < 4.78 is 16.2. The summed E-state index contributed by atoms with van der Waals surface area (Å²) in [5.41, 5.74) is 12.5. The average Bonchev–Trinajstić information content (AvgIpc) is 3.54. The van der Waals surface area contributed by atoms with Crippen molar-refractivity contribution in [2.75, 3.05) is 4.90 Å². The molecule has 0 aliphatic carbocycles. The molecule has 5 heteroatoms. The summed E-state index contributed by atoms with van der Waals surface area (Å²) >= 11 is 0. The van der Waals surface area contributed by atoms with Gasteiger partial charge in [0.05, 0.1) is 11.0 Å². The van der Waals surface area contributed by atoms with Crippen molar-refractivity contribution in [3.8, 4) is 28.7 Å². The molecule has 2 aliphatic heterocycles. The lowest BCUT2D eigenvalue weighted by Gasteiger charge is -2.33.